The number of hydrogen-bond acceptors (Lipinski definition) is 2. The molecule has 0 fully saturated rings. The normalized spacial score (nSPS) is 25.9. The van der Waals surface area contributed by atoms with Crippen molar-refractivity contribution in [2.24, 2.45) is 0 Å². The van der Waals surface area contributed by atoms with E-state index < -0.39 is 0 Å². The molecule has 1 aliphatic heterocycles. The molecule has 0 aliphatic carbocycles. The van der Waals surface area contributed by atoms with E-state index in [4.69, 9.17) is 11.6 Å². The third-order valence-corrected chi connectivity index (χ3v) is 3.00. The number of rotatable bonds is 0. The second-order valence-electron chi connectivity index (χ2n) is 1.96. The fourth-order valence-corrected chi connectivity index (χ4v) is 1.18. The van der Waals surface area contributed by atoms with Crippen LogP contribution >= 0.6 is 34.2 Å². The molecule has 1 rings (SSSR count). The van der Waals surface area contributed by atoms with E-state index in [0.29, 0.717) is 5.03 Å². The zero-order chi connectivity index (χ0) is 7.72. The Hall–Kier alpha value is 0.0300. The van der Waals surface area contributed by atoms with Gasteiger partial charge in [0.25, 0.3) is 5.91 Å². The number of hydrogen-bond donors (Lipinski definition) is 1. The Bertz CT molecular complexity index is 194. The average molecular weight is 272 g/mol. The van der Waals surface area contributed by atoms with Gasteiger partial charge in [0.05, 0.1) is 5.03 Å². The summed E-state index contributed by atoms with van der Waals surface area (Å²) in [6, 6.07) is 0. The van der Waals surface area contributed by atoms with Crippen molar-refractivity contribution in [2.45, 2.75) is 3.92 Å². The Balaban J connectivity index is 2.81. The molecule has 1 heterocycles. The first kappa shape index (κ1) is 8.13. The van der Waals surface area contributed by atoms with Crippen LogP contribution in [0.3, 0.4) is 0 Å². The first-order chi connectivity index (χ1) is 4.61. The van der Waals surface area contributed by atoms with E-state index >= 15 is 0 Å². The minimum absolute atomic E-state index is 0.0735. The lowest BCUT2D eigenvalue weighted by Gasteiger charge is -2.23. The number of carbonyl (C=O) groups is 1. The Kier molecular flexibility index (Phi) is 2.40. The second-order valence-corrected chi connectivity index (χ2v) is 3.65. The number of hydrazine groups is 1. The van der Waals surface area contributed by atoms with Crippen molar-refractivity contribution < 1.29 is 4.79 Å². The monoisotopic (exact) mass is 272 g/mol. The molecule has 5 heteroatoms. The van der Waals surface area contributed by atoms with Crippen molar-refractivity contribution in [1.29, 1.82) is 0 Å². The molecule has 10 heavy (non-hydrogen) atoms. The topological polar surface area (TPSA) is 32.3 Å². The van der Waals surface area contributed by atoms with Crippen LogP contribution in [-0.4, -0.2) is 21.9 Å². The molecule has 0 aromatic rings. The van der Waals surface area contributed by atoms with Crippen LogP contribution < -0.4 is 5.43 Å². The minimum Gasteiger partial charge on any atom is -0.295 e. The van der Waals surface area contributed by atoms with Crippen LogP contribution in [0, 0.1) is 0 Å². The number of nitrogens with one attached hydrogen (secondary N) is 1. The summed E-state index contributed by atoms with van der Waals surface area (Å²) in [7, 11) is 1.72. The summed E-state index contributed by atoms with van der Waals surface area (Å²) in [5, 5.41) is 2.10. The number of halogens is 2. The van der Waals surface area contributed by atoms with E-state index in [1.165, 1.54) is 0 Å². The molecule has 1 N–H and O–H groups in total. The van der Waals surface area contributed by atoms with Gasteiger partial charge in [0, 0.05) is 13.2 Å². The smallest absolute Gasteiger partial charge is 0.256 e. The van der Waals surface area contributed by atoms with Crippen molar-refractivity contribution in [3.63, 3.8) is 0 Å². The highest BCUT2D eigenvalue weighted by atomic mass is 127. The molecule has 0 aromatic heterocycles. The van der Waals surface area contributed by atoms with Gasteiger partial charge in [0.1, 0.15) is 3.92 Å². The van der Waals surface area contributed by atoms with Crippen molar-refractivity contribution in [3.8, 4) is 0 Å². The highest BCUT2D eigenvalue weighted by molar-refractivity contribution is 14.1. The minimum atomic E-state index is -0.240. The third-order valence-electron chi connectivity index (χ3n) is 1.08. The fraction of sp³-hybridized carbons (Fsp3) is 0.400. The van der Waals surface area contributed by atoms with Gasteiger partial charge in [-0.05, 0) is 0 Å². The number of amides is 1. The van der Waals surface area contributed by atoms with Crippen LogP contribution in [0.15, 0.2) is 11.2 Å². The van der Waals surface area contributed by atoms with Crippen LogP contribution in [0.5, 0.6) is 0 Å². The maximum atomic E-state index is 10.9. The van der Waals surface area contributed by atoms with Crippen LogP contribution in [0.25, 0.3) is 0 Å². The summed E-state index contributed by atoms with van der Waals surface area (Å²) in [6.45, 7) is 0. The molecular formula is C5H6ClIN2O. The lowest BCUT2D eigenvalue weighted by Crippen LogP contribution is -2.44. The van der Waals surface area contributed by atoms with Crippen LogP contribution in [-0.2, 0) is 4.79 Å². The predicted octanol–water partition coefficient (Wildman–Crippen LogP) is 0.847. The van der Waals surface area contributed by atoms with Crippen LogP contribution in [0.1, 0.15) is 0 Å². The molecule has 1 amide bonds. The molecule has 0 bridgehead atoms. The van der Waals surface area contributed by atoms with Crippen molar-refractivity contribution in [3.05, 3.63) is 11.2 Å². The predicted molar refractivity (Wildman–Crippen MR) is 47.6 cm³/mol. The maximum Gasteiger partial charge on any atom is 0.256 e. The van der Waals surface area contributed by atoms with E-state index in [0.717, 1.165) is 0 Å². The third kappa shape index (κ3) is 1.54. The summed E-state index contributed by atoms with van der Waals surface area (Å²) in [5.41, 5.74) is 2.59. The highest BCUT2D eigenvalue weighted by Crippen LogP contribution is 2.20. The van der Waals surface area contributed by atoms with E-state index in [1.54, 1.807) is 18.3 Å². The summed E-state index contributed by atoms with van der Waals surface area (Å²) in [6.07, 6.45) is 1.68. The first-order valence-electron chi connectivity index (χ1n) is 2.66. The summed E-state index contributed by atoms with van der Waals surface area (Å²) in [5.74, 6) is -0.0735. The van der Waals surface area contributed by atoms with E-state index in [-0.39, 0.29) is 9.83 Å². The molecule has 1 atom stereocenters. The average Bonchev–Trinajstić information content (AvgIpc) is 1.82. The second kappa shape index (κ2) is 2.96. The van der Waals surface area contributed by atoms with Gasteiger partial charge in [-0.3, -0.25) is 15.2 Å². The SMILES string of the molecule is CN1C=C(Cl)C(I)C(=O)N1. The van der Waals surface area contributed by atoms with Crippen molar-refractivity contribution in [1.82, 2.24) is 10.4 Å². The van der Waals surface area contributed by atoms with Crippen molar-refractivity contribution in [2.75, 3.05) is 7.05 Å². The van der Waals surface area contributed by atoms with E-state index in [1.807, 2.05) is 22.6 Å². The Labute approximate surface area is 77.5 Å². The van der Waals surface area contributed by atoms with Gasteiger partial charge in [0.2, 0.25) is 0 Å². The van der Waals surface area contributed by atoms with Gasteiger partial charge < -0.3 is 0 Å². The Morgan fingerprint density at radius 1 is 1.90 bits per heavy atom. The van der Waals surface area contributed by atoms with Gasteiger partial charge in [-0.2, -0.15) is 0 Å². The molecular weight excluding hydrogens is 266 g/mol. The number of nitrogens with zero attached hydrogens (tertiary/aromatic N) is 1. The summed E-state index contributed by atoms with van der Waals surface area (Å²) in [4.78, 5) is 10.9. The molecule has 0 aromatic carbocycles. The zero-order valence-corrected chi connectivity index (χ0v) is 8.18. The van der Waals surface area contributed by atoms with Gasteiger partial charge in [0.15, 0.2) is 0 Å². The Morgan fingerprint density at radius 3 is 3.00 bits per heavy atom. The molecule has 3 nitrogen and oxygen atoms in total. The molecule has 0 spiro atoms. The largest absolute Gasteiger partial charge is 0.295 e. The quantitative estimate of drug-likeness (QED) is 0.524. The molecule has 56 valence electrons. The van der Waals surface area contributed by atoms with Crippen LogP contribution in [0.4, 0.5) is 0 Å². The lowest BCUT2D eigenvalue weighted by molar-refractivity contribution is -0.123. The molecule has 0 saturated carbocycles. The number of carbonyl (C=O) groups excluding carboxylic acids is 1. The maximum absolute atomic E-state index is 10.9. The van der Waals surface area contributed by atoms with Gasteiger partial charge in [-0.15, -0.1) is 0 Å². The molecule has 0 saturated heterocycles. The van der Waals surface area contributed by atoms with Crippen LogP contribution in [0.2, 0.25) is 0 Å². The van der Waals surface area contributed by atoms with E-state index in [2.05, 4.69) is 5.43 Å². The van der Waals surface area contributed by atoms with Gasteiger partial charge in [-0.25, -0.2) is 0 Å². The first-order valence-corrected chi connectivity index (χ1v) is 4.28. The highest BCUT2D eigenvalue weighted by Gasteiger charge is 2.23. The lowest BCUT2D eigenvalue weighted by atomic mass is 10.3. The Morgan fingerprint density at radius 2 is 2.50 bits per heavy atom. The molecule has 0 radical (unpaired) electrons. The van der Waals surface area contributed by atoms with Gasteiger partial charge in [-0.1, -0.05) is 34.2 Å². The summed E-state index contributed by atoms with van der Waals surface area (Å²) >= 11 is 7.69. The van der Waals surface area contributed by atoms with Crippen molar-refractivity contribution >= 4 is 40.1 Å². The molecule has 1 aliphatic rings. The van der Waals surface area contributed by atoms with E-state index in [9.17, 15) is 4.79 Å². The number of alkyl halides is 1. The zero-order valence-electron chi connectivity index (χ0n) is 5.27. The molecule has 1 unspecified atom stereocenters. The fourth-order valence-electron chi connectivity index (χ4n) is 0.638. The summed E-state index contributed by atoms with van der Waals surface area (Å²) < 4.78 is -0.240. The van der Waals surface area contributed by atoms with Gasteiger partial charge >= 0.3 is 0 Å². The standard InChI is InChI=1S/C5H6ClIN2O/c1-9-2-3(6)4(7)5(10)8-9/h2,4H,1H3,(H,8,10).